The highest BCUT2D eigenvalue weighted by Crippen LogP contribution is 2.34. The highest BCUT2D eigenvalue weighted by molar-refractivity contribution is 8.18. The lowest BCUT2D eigenvalue weighted by Crippen LogP contribution is -2.35. The van der Waals surface area contributed by atoms with Crippen LogP contribution in [0.25, 0.3) is 6.08 Å². The minimum atomic E-state index is -0.600. The summed E-state index contributed by atoms with van der Waals surface area (Å²) in [7, 11) is 1.54. The molecule has 152 valence electrons. The van der Waals surface area contributed by atoms with Crippen molar-refractivity contribution in [2.24, 2.45) is 0 Å². The van der Waals surface area contributed by atoms with E-state index in [9.17, 15) is 14.4 Å². The van der Waals surface area contributed by atoms with Gasteiger partial charge in [-0.2, -0.15) is 0 Å². The molecule has 0 aromatic heterocycles. The molecule has 0 aliphatic carbocycles. The van der Waals surface area contributed by atoms with E-state index in [1.807, 2.05) is 13.8 Å². The average Bonchev–Trinajstić information content (AvgIpc) is 2.93. The van der Waals surface area contributed by atoms with Gasteiger partial charge in [0.2, 0.25) is 0 Å². The summed E-state index contributed by atoms with van der Waals surface area (Å²) in [5, 5.41) is -0.493. The Labute approximate surface area is 169 Å². The molecule has 0 radical (unpaired) electrons. The van der Waals surface area contributed by atoms with Gasteiger partial charge in [0.1, 0.15) is 6.54 Å². The van der Waals surface area contributed by atoms with E-state index >= 15 is 0 Å². The molecular formula is C20H25NO6S. The van der Waals surface area contributed by atoms with Crippen molar-refractivity contribution in [3.63, 3.8) is 0 Å². The fourth-order valence-electron chi connectivity index (χ4n) is 2.37. The van der Waals surface area contributed by atoms with Gasteiger partial charge in [-0.3, -0.25) is 19.3 Å². The molecule has 2 amide bonds. The summed E-state index contributed by atoms with van der Waals surface area (Å²) in [4.78, 5) is 37.7. The van der Waals surface area contributed by atoms with Crippen molar-refractivity contribution in [2.45, 2.75) is 39.7 Å². The highest BCUT2D eigenvalue weighted by Gasteiger charge is 2.36. The van der Waals surface area contributed by atoms with E-state index < -0.39 is 17.1 Å². The summed E-state index contributed by atoms with van der Waals surface area (Å²) in [6.45, 7) is 5.83. The van der Waals surface area contributed by atoms with E-state index in [0.29, 0.717) is 30.1 Å². The Morgan fingerprint density at radius 2 is 2.00 bits per heavy atom. The van der Waals surface area contributed by atoms with Gasteiger partial charge in [0, 0.05) is 0 Å². The molecule has 0 bridgehead atoms. The van der Waals surface area contributed by atoms with Crippen LogP contribution in [0.2, 0.25) is 0 Å². The summed E-state index contributed by atoms with van der Waals surface area (Å²) in [5.41, 5.74) is 0.688. The van der Waals surface area contributed by atoms with Crippen molar-refractivity contribution in [3.05, 3.63) is 28.7 Å². The van der Waals surface area contributed by atoms with E-state index in [4.69, 9.17) is 14.2 Å². The van der Waals surface area contributed by atoms with Crippen LogP contribution in [0.3, 0.4) is 0 Å². The third-order valence-electron chi connectivity index (χ3n) is 4.02. The Morgan fingerprint density at radius 3 is 2.64 bits per heavy atom. The fraction of sp³-hybridized carbons (Fsp3) is 0.450. The van der Waals surface area contributed by atoms with Crippen LogP contribution < -0.4 is 9.47 Å². The lowest BCUT2D eigenvalue weighted by Gasteiger charge is -2.14. The summed E-state index contributed by atoms with van der Waals surface area (Å²) in [5.74, 6) is 0.0410. The second-order valence-corrected chi connectivity index (χ2v) is 7.23. The number of nitrogens with zero attached hydrogens (tertiary/aromatic N) is 1. The van der Waals surface area contributed by atoms with Crippen molar-refractivity contribution in [2.75, 3.05) is 20.3 Å². The van der Waals surface area contributed by atoms with Gasteiger partial charge in [-0.05, 0) is 55.3 Å². The maximum absolute atomic E-state index is 12.5. The SMILES string of the molecule is CCCOc1ccc(/C=C2\SC(=O)N(CC(=O)O[C@@H](C)CC)C2=O)cc1OC. The zero-order chi connectivity index (χ0) is 20.7. The normalized spacial score (nSPS) is 16.4. The number of hydrogen-bond donors (Lipinski definition) is 0. The average molecular weight is 407 g/mol. The first-order chi connectivity index (χ1) is 13.4. The van der Waals surface area contributed by atoms with E-state index in [-0.39, 0.29) is 17.6 Å². The summed E-state index contributed by atoms with van der Waals surface area (Å²) >= 11 is 0.793. The number of esters is 1. The molecule has 0 unspecified atom stereocenters. The minimum absolute atomic E-state index is 0.241. The van der Waals surface area contributed by atoms with Gasteiger partial charge in [0.25, 0.3) is 11.1 Å². The first kappa shape index (κ1) is 21.8. The molecule has 0 saturated carbocycles. The van der Waals surface area contributed by atoms with E-state index in [0.717, 1.165) is 23.1 Å². The summed E-state index contributed by atoms with van der Waals surface area (Å²) in [6, 6.07) is 5.27. The Bertz CT molecular complexity index is 776. The monoisotopic (exact) mass is 407 g/mol. The Kier molecular flexibility index (Phi) is 7.92. The molecule has 1 saturated heterocycles. The Hall–Kier alpha value is -2.48. The number of carbonyl (C=O) groups is 3. The van der Waals surface area contributed by atoms with Crippen molar-refractivity contribution >= 4 is 35.0 Å². The van der Waals surface area contributed by atoms with Gasteiger partial charge in [0.05, 0.1) is 24.7 Å². The third-order valence-corrected chi connectivity index (χ3v) is 4.92. The summed E-state index contributed by atoms with van der Waals surface area (Å²) < 4.78 is 16.1. The molecule has 7 nitrogen and oxygen atoms in total. The van der Waals surface area contributed by atoms with Crippen LogP contribution in [0.4, 0.5) is 4.79 Å². The van der Waals surface area contributed by atoms with Crippen LogP contribution in [-0.4, -0.2) is 48.4 Å². The molecule has 1 atom stereocenters. The number of ether oxygens (including phenoxy) is 3. The number of amides is 2. The Morgan fingerprint density at radius 1 is 1.25 bits per heavy atom. The van der Waals surface area contributed by atoms with E-state index in [1.54, 1.807) is 31.2 Å². The molecule has 1 aromatic rings. The van der Waals surface area contributed by atoms with Gasteiger partial charge in [-0.15, -0.1) is 0 Å². The molecule has 1 fully saturated rings. The predicted octanol–water partition coefficient (Wildman–Crippen LogP) is 3.86. The number of benzene rings is 1. The van der Waals surface area contributed by atoms with Crippen LogP contribution in [0.5, 0.6) is 11.5 Å². The quantitative estimate of drug-likeness (QED) is 0.454. The van der Waals surface area contributed by atoms with Crippen molar-refractivity contribution in [1.29, 1.82) is 0 Å². The molecular weight excluding hydrogens is 382 g/mol. The maximum atomic E-state index is 12.5. The second kappa shape index (κ2) is 10.2. The zero-order valence-electron chi connectivity index (χ0n) is 16.5. The zero-order valence-corrected chi connectivity index (χ0v) is 17.3. The van der Waals surface area contributed by atoms with Crippen LogP contribution in [0, 0.1) is 0 Å². The largest absolute Gasteiger partial charge is 0.493 e. The van der Waals surface area contributed by atoms with Crippen LogP contribution in [0.15, 0.2) is 23.1 Å². The molecule has 1 heterocycles. The van der Waals surface area contributed by atoms with E-state index in [2.05, 4.69) is 0 Å². The topological polar surface area (TPSA) is 82.1 Å². The first-order valence-corrected chi connectivity index (χ1v) is 9.96. The number of methoxy groups -OCH3 is 1. The smallest absolute Gasteiger partial charge is 0.326 e. The molecule has 8 heteroatoms. The number of hydrogen-bond acceptors (Lipinski definition) is 7. The lowest BCUT2D eigenvalue weighted by molar-refractivity contribution is -0.150. The second-order valence-electron chi connectivity index (χ2n) is 6.24. The van der Waals surface area contributed by atoms with Crippen molar-refractivity contribution < 1.29 is 28.6 Å². The van der Waals surface area contributed by atoms with Crippen molar-refractivity contribution in [1.82, 2.24) is 4.90 Å². The van der Waals surface area contributed by atoms with Crippen LogP contribution in [0.1, 0.15) is 39.2 Å². The Balaban J connectivity index is 2.13. The third kappa shape index (κ3) is 5.51. The standard InChI is InChI=1S/C20H25NO6S/c1-5-9-26-15-8-7-14(10-16(15)25-4)11-17-19(23)21(20(24)28-17)12-18(22)27-13(3)6-2/h7-8,10-11,13H,5-6,9,12H2,1-4H3/b17-11-/t13-/m0/s1. The molecule has 0 N–H and O–H groups in total. The van der Waals surface area contributed by atoms with Gasteiger partial charge >= 0.3 is 5.97 Å². The first-order valence-electron chi connectivity index (χ1n) is 9.15. The lowest BCUT2D eigenvalue weighted by atomic mass is 10.2. The van der Waals surface area contributed by atoms with Crippen LogP contribution in [-0.2, 0) is 14.3 Å². The van der Waals surface area contributed by atoms with Gasteiger partial charge in [-0.25, -0.2) is 0 Å². The number of imide groups is 1. The van der Waals surface area contributed by atoms with Gasteiger partial charge < -0.3 is 14.2 Å². The van der Waals surface area contributed by atoms with Crippen molar-refractivity contribution in [3.8, 4) is 11.5 Å². The van der Waals surface area contributed by atoms with Gasteiger partial charge in [0.15, 0.2) is 11.5 Å². The number of rotatable bonds is 9. The highest BCUT2D eigenvalue weighted by atomic mass is 32.2. The molecule has 1 aliphatic heterocycles. The maximum Gasteiger partial charge on any atom is 0.326 e. The molecule has 1 aromatic carbocycles. The van der Waals surface area contributed by atoms with E-state index in [1.165, 1.54) is 7.11 Å². The van der Waals surface area contributed by atoms with Gasteiger partial charge in [-0.1, -0.05) is 19.9 Å². The molecule has 28 heavy (non-hydrogen) atoms. The number of carbonyl (C=O) groups excluding carboxylic acids is 3. The fourth-order valence-corrected chi connectivity index (χ4v) is 3.21. The predicted molar refractivity (Wildman–Crippen MR) is 107 cm³/mol. The summed E-state index contributed by atoms with van der Waals surface area (Å²) in [6.07, 6.45) is 2.87. The molecule has 2 rings (SSSR count). The van der Waals surface area contributed by atoms with Crippen LogP contribution >= 0.6 is 11.8 Å². The minimum Gasteiger partial charge on any atom is -0.493 e. The molecule has 0 spiro atoms. The molecule has 1 aliphatic rings. The number of thioether (sulfide) groups is 1.